The third-order valence-electron chi connectivity index (χ3n) is 3.38. The number of rotatable bonds is 4. The number of likely N-dealkylation sites (N-methyl/N-ethyl adjacent to an activating group) is 1. The van der Waals surface area contributed by atoms with E-state index in [1.165, 1.54) is 11.1 Å². The second-order valence-electron chi connectivity index (χ2n) is 5.23. The first-order chi connectivity index (χ1) is 10.7. The second kappa shape index (κ2) is 7.71. The van der Waals surface area contributed by atoms with Crippen LogP contribution in [0.25, 0.3) is 16.8 Å². The van der Waals surface area contributed by atoms with Gasteiger partial charge in [-0.25, -0.2) is 9.50 Å². The maximum absolute atomic E-state index is 4.39. The molecule has 1 aromatic carbocycles. The van der Waals surface area contributed by atoms with Crippen molar-refractivity contribution in [3.8, 4) is 11.1 Å². The van der Waals surface area contributed by atoms with Crippen LogP contribution < -0.4 is 0 Å². The zero-order valence-electron chi connectivity index (χ0n) is 13.8. The van der Waals surface area contributed by atoms with Gasteiger partial charge in [-0.2, -0.15) is 5.10 Å². The van der Waals surface area contributed by atoms with Gasteiger partial charge in [0.05, 0.1) is 6.20 Å². The van der Waals surface area contributed by atoms with Crippen molar-refractivity contribution < 1.29 is 0 Å². The molecule has 0 aliphatic heterocycles. The highest BCUT2D eigenvalue weighted by Gasteiger charge is 2.02. The Morgan fingerprint density at radius 2 is 1.73 bits per heavy atom. The summed E-state index contributed by atoms with van der Waals surface area (Å²) < 4.78 is 1.80. The van der Waals surface area contributed by atoms with E-state index in [9.17, 15) is 0 Å². The number of hydrogen-bond acceptors (Lipinski definition) is 3. The highest BCUT2D eigenvalue weighted by molar-refractivity contribution is 5.63. The first kappa shape index (κ1) is 16.2. The molecule has 116 valence electrons. The summed E-state index contributed by atoms with van der Waals surface area (Å²) in [5.74, 6) is 0. The van der Waals surface area contributed by atoms with Crippen molar-refractivity contribution >= 4 is 5.65 Å². The van der Waals surface area contributed by atoms with E-state index >= 15 is 0 Å². The molecular formula is C18H24N4. The lowest BCUT2D eigenvalue weighted by Gasteiger charge is -2.09. The van der Waals surface area contributed by atoms with Crippen LogP contribution in [0.4, 0.5) is 0 Å². The third-order valence-corrected chi connectivity index (χ3v) is 3.38. The van der Waals surface area contributed by atoms with E-state index in [4.69, 9.17) is 0 Å². The van der Waals surface area contributed by atoms with Gasteiger partial charge in [-0.1, -0.05) is 38.1 Å². The monoisotopic (exact) mass is 296 g/mol. The van der Waals surface area contributed by atoms with Crippen LogP contribution in [0.2, 0.25) is 0 Å². The second-order valence-corrected chi connectivity index (χ2v) is 5.23. The lowest BCUT2D eigenvalue weighted by Crippen LogP contribution is -2.14. The predicted octanol–water partition coefficient (Wildman–Crippen LogP) is 3.53. The molecule has 0 unspecified atom stereocenters. The molecule has 0 radical (unpaired) electrons. The van der Waals surface area contributed by atoms with Crippen molar-refractivity contribution in [2.45, 2.75) is 20.3 Å². The highest BCUT2D eigenvalue weighted by Crippen LogP contribution is 2.19. The largest absolute Gasteiger partial charge is 0.309 e. The molecule has 0 fully saturated rings. The summed E-state index contributed by atoms with van der Waals surface area (Å²) in [5, 5.41) is 4.22. The molecule has 0 N–H and O–H groups in total. The number of benzene rings is 1. The molecule has 0 aliphatic rings. The number of aromatic nitrogens is 3. The van der Waals surface area contributed by atoms with Gasteiger partial charge in [0.25, 0.3) is 0 Å². The van der Waals surface area contributed by atoms with Gasteiger partial charge < -0.3 is 4.90 Å². The number of fused-ring (bicyclic) bond motifs is 1. The van der Waals surface area contributed by atoms with Crippen LogP contribution in [0.15, 0.2) is 48.9 Å². The summed E-state index contributed by atoms with van der Waals surface area (Å²) in [7, 11) is 4.19. The summed E-state index contributed by atoms with van der Waals surface area (Å²) in [4.78, 5) is 6.59. The number of nitrogens with zero attached hydrogens (tertiary/aromatic N) is 4. The van der Waals surface area contributed by atoms with Gasteiger partial charge in [-0.3, -0.25) is 0 Å². The standard InChI is InChI=1S/C16H18N4.C2H6/c1-19(2)10-8-13-3-5-14(6-4-13)15-11-17-16-7-9-18-20(16)12-15;1-2/h3-7,9,11-12H,8,10H2,1-2H3;1-2H3. The fourth-order valence-corrected chi connectivity index (χ4v) is 2.18. The van der Waals surface area contributed by atoms with Crippen molar-refractivity contribution in [1.29, 1.82) is 0 Å². The van der Waals surface area contributed by atoms with Gasteiger partial charge in [0.1, 0.15) is 0 Å². The van der Waals surface area contributed by atoms with Crippen LogP contribution in [0.5, 0.6) is 0 Å². The van der Waals surface area contributed by atoms with E-state index in [0.29, 0.717) is 0 Å². The molecule has 4 nitrogen and oxygen atoms in total. The molecule has 0 spiro atoms. The van der Waals surface area contributed by atoms with E-state index < -0.39 is 0 Å². The highest BCUT2D eigenvalue weighted by atomic mass is 15.2. The van der Waals surface area contributed by atoms with E-state index in [2.05, 4.69) is 53.3 Å². The Hall–Kier alpha value is -2.20. The maximum Gasteiger partial charge on any atom is 0.154 e. The molecule has 0 amide bonds. The van der Waals surface area contributed by atoms with E-state index in [0.717, 1.165) is 24.2 Å². The zero-order valence-corrected chi connectivity index (χ0v) is 13.8. The lowest BCUT2D eigenvalue weighted by atomic mass is 10.1. The quantitative estimate of drug-likeness (QED) is 0.738. The van der Waals surface area contributed by atoms with Gasteiger partial charge in [-0.05, 0) is 31.6 Å². The molecule has 0 atom stereocenters. The molecule has 3 rings (SSSR count). The van der Waals surface area contributed by atoms with Crippen LogP contribution in [0, 0.1) is 0 Å². The lowest BCUT2D eigenvalue weighted by molar-refractivity contribution is 0.413. The van der Waals surface area contributed by atoms with Gasteiger partial charge in [-0.15, -0.1) is 0 Å². The summed E-state index contributed by atoms with van der Waals surface area (Å²) in [6.45, 7) is 5.07. The van der Waals surface area contributed by atoms with Crippen LogP contribution in [-0.4, -0.2) is 40.1 Å². The minimum absolute atomic E-state index is 0.872. The Balaban J connectivity index is 0.000000847. The van der Waals surface area contributed by atoms with Gasteiger partial charge >= 0.3 is 0 Å². The normalized spacial score (nSPS) is 10.6. The van der Waals surface area contributed by atoms with Crippen molar-refractivity contribution in [3.05, 3.63) is 54.5 Å². The van der Waals surface area contributed by atoms with Crippen molar-refractivity contribution in [3.63, 3.8) is 0 Å². The topological polar surface area (TPSA) is 33.4 Å². The van der Waals surface area contributed by atoms with Crippen LogP contribution in [-0.2, 0) is 6.42 Å². The Kier molecular flexibility index (Phi) is 5.67. The SMILES string of the molecule is CC.CN(C)CCc1ccc(-c2cnc3ccnn3c2)cc1. The summed E-state index contributed by atoms with van der Waals surface area (Å²) in [6.07, 6.45) is 6.74. The van der Waals surface area contributed by atoms with Crippen molar-refractivity contribution in [2.75, 3.05) is 20.6 Å². The fourth-order valence-electron chi connectivity index (χ4n) is 2.18. The Labute approximate surface area is 132 Å². The minimum Gasteiger partial charge on any atom is -0.309 e. The average Bonchev–Trinajstić information content (AvgIpc) is 3.03. The Morgan fingerprint density at radius 3 is 2.41 bits per heavy atom. The average molecular weight is 296 g/mol. The zero-order chi connectivity index (χ0) is 15.9. The van der Waals surface area contributed by atoms with Gasteiger partial charge in [0.15, 0.2) is 5.65 Å². The number of hydrogen-bond donors (Lipinski definition) is 0. The summed E-state index contributed by atoms with van der Waals surface area (Å²) in [5.41, 5.74) is 4.48. The Morgan fingerprint density at radius 1 is 1.00 bits per heavy atom. The van der Waals surface area contributed by atoms with Gasteiger partial charge in [0.2, 0.25) is 0 Å². The minimum atomic E-state index is 0.872. The van der Waals surface area contributed by atoms with Crippen molar-refractivity contribution in [2.24, 2.45) is 0 Å². The van der Waals surface area contributed by atoms with E-state index in [1.54, 1.807) is 10.7 Å². The van der Waals surface area contributed by atoms with Crippen LogP contribution in [0.1, 0.15) is 19.4 Å². The first-order valence-electron chi connectivity index (χ1n) is 7.76. The van der Waals surface area contributed by atoms with Crippen LogP contribution >= 0.6 is 0 Å². The molecule has 0 aliphatic carbocycles. The summed E-state index contributed by atoms with van der Waals surface area (Å²) in [6, 6.07) is 10.6. The molecule has 0 bridgehead atoms. The molecule has 0 saturated heterocycles. The maximum atomic E-state index is 4.39. The van der Waals surface area contributed by atoms with Crippen LogP contribution in [0.3, 0.4) is 0 Å². The summed E-state index contributed by atoms with van der Waals surface area (Å²) >= 11 is 0. The molecule has 2 heterocycles. The molecular weight excluding hydrogens is 272 g/mol. The predicted molar refractivity (Wildman–Crippen MR) is 92.0 cm³/mol. The smallest absolute Gasteiger partial charge is 0.154 e. The van der Waals surface area contributed by atoms with E-state index in [-0.39, 0.29) is 0 Å². The fraction of sp³-hybridized carbons (Fsp3) is 0.333. The van der Waals surface area contributed by atoms with E-state index in [1.807, 2.05) is 32.3 Å². The molecule has 4 heteroatoms. The molecule has 3 aromatic rings. The Bertz CT molecular complexity index is 698. The van der Waals surface area contributed by atoms with Gasteiger partial charge in [0, 0.05) is 30.6 Å². The van der Waals surface area contributed by atoms with Crippen molar-refractivity contribution in [1.82, 2.24) is 19.5 Å². The third kappa shape index (κ3) is 3.92. The molecule has 22 heavy (non-hydrogen) atoms. The first-order valence-corrected chi connectivity index (χ1v) is 7.76. The molecule has 0 saturated carbocycles. The molecule has 2 aromatic heterocycles.